The first kappa shape index (κ1) is 23.7. The van der Waals surface area contributed by atoms with Crippen molar-refractivity contribution in [2.75, 3.05) is 21.3 Å². The molecule has 2 atom stereocenters. The minimum atomic E-state index is -0.368. The van der Waals surface area contributed by atoms with Gasteiger partial charge in [-0.05, 0) is 61.6 Å². The predicted molar refractivity (Wildman–Crippen MR) is 128 cm³/mol. The zero-order valence-corrected chi connectivity index (χ0v) is 20.3. The molecule has 0 aromatic heterocycles. The van der Waals surface area contributed by atoms with Crippen molar-refractivity contribution < 1.29 is 28.5 Å². The van der Waals surface area contributed by atoms with E-state index in [0.29, 0.717) is 41.4 Å². The molecule has 7 heteroatoms. The van der Waals surface area contributed by atoms with E-state index in [-0.39, 0.29) is 36.1 Å². The van der Waals surface area contributed by atoms with E-state index >= 15 is 0 Å². The van der Waals surface area contributed by atoms with E-state index in [4.69, 9.17) is 18.9 Å². The third-order valence-corrected chi connectivity index (χ3v) is 6.35. The SMILES string of the molecule is COc1cc([C@@H]2CC(=O)NC3=C2C(=O)C[C@H](c2ccc(OC(C)C)cc2)C3)cc(OC)c1OC. The maximum atomic E-state index is 13.4. The van der Waals surface area contributed by atoms with Gasteiger partial charge in [0, 0.05) is 30.0 Å². The normalized spacial score (nSPS) is 20.1. The van der Waals surface area contributed by atoms with Gasteiger partial charge in [0.25, 0.3) is 0 Å². The third kappa shape index (κ3) is 4.60. The highest BCUT2D eigenvalue weighted by atomic mass is 16.5. The first-order chi connectivity index (χ1) is 16.3. The quantitative estimate of drug-likeness (QED) is 0.648. The van der Waals surface area contributed by atoms with Crippen molar-refractivity contribution in [1.82, 2.24) is 5.32 Å². The van der Waals surface area contributed by atoms with Crippen LogP contribution in [0, 0.1) is 0 Å². The lowest BCUT2D eigenvalue weighted by Gasteiger charge is -2.34. The van der Waals surface area contributed by atoms with Crippen LogP contribution in [-0.4, -0.2) is 39.1 Å². The number of carbonyl (C=O) groups is 2. The van der Waals surface area contributed by atoms with Gasteiger partial charge in [-0.15, -0.1) is 0 Å². The predicted octanol–water partition coefficient (Wildman–Crippen LogP) is 4.50. The van der Waals surface area contributed by atoms with Crippen molar-refractivity contribution in [2.24, 2.45) is 0 Å². The smallest absolute Gasteiger partial charge is 0.225 e. The summed E-state index contributed by atoms with van der Waals surface area (Å²) in [6.45, 7) is 3.97. The molecule has 180 valence electrons. The van der Waals surface area contributed by atoms with Crippen LogP contribution in [0.25, 0.3) is 0 Å². The zero-order chi connectivity index (χ0) is 24.4. The van der Waals surface area contributed by atoms with Gasteiger partial charge < -0.3 is 24.3 Å². The molecule has 0 radical (unpaired) electrons. The van der Waals surface area contributed by atoms with E-state index in [2.05, 4.69) is 5.32 Å². The second-order valence-corrected chi connectivity index (χ2v) is 8.92. The number of rotatable bonds is 7. The van der Waals surface area contributed by atoms with Crippen LogP contribution in [0.5, 0.6) is 23.0 Å². The van der Waals surface area contributed by atoms with Crippen molar-refractivity contribution in [3.63, 3.8) is 0 Å². The molecule has 0 spiro atoms. The molecule has 4 rings (SSSR count). The van der Waals surface area contributed by atoms with E-state index in [1.54, 1.807) is 21.3 Å². The Morgan fingerprint density at radius 2 is 1.50 bits per heavy atom. The number of nitrogens with one attached hydrogen (secondary N) is 1. The first-order valence-corrected chi connectivity index (χ1v) is 11.5. The highest BCUT2D eigenvalue weighted by Gasteiger charge is 2.38. The topological polar surface area (TPSA) is 83.1 Å². The molecule has 1 aliphatic carbocycles. The van der Waals surface area contributed by atoms with E-state index in [1.807, 2.05) is 50.2 Å². The molecule has 2 aliphatic rings. The number of Topliss-reactive ketones (excluding diaryl/α,β-unsaturated/α-hetero) is 1. The Balaban J connectivity index is 1.68. The minimum absolute atomic E-state index is 0.00154. The van der Waals surface area contributed by atoms with Crippen LogP contribution in [0.3, 0.4) is 0 Å². The number of benzene rings is 2. The summed E-state index contributed by atoms with van der Waals surface area (Å²) >= 11 is 0. The van der Waals surface area contributed by atoms with Crippen LogP contribution in [0.1, 0.15) is 56.1 Å². The minimum Gasteiger partial charge on any atom is -0.493 e. The number of carbonyl (C=O) groups excluding carboxylic acids is 2. The lowest BCUT2D eigenvalue weighted by molar-refractivity contribution is -0.122. The number of ketones is 1. The summed E-state index contributed by atoms with van der Waals surface area (Å²) in [4.78, 5) is 26.1. The van der Waals surface area contributed by atoms with Crippen molar-refractivity contribution in [1.29, 1.82) is 0 Å². The Morgan fingerprint density at radius 3 is 2.06 bits per heavy atom. The second-order valence-electron chi connectivity index (χ2n) is 8.92. The fourth-order valence-electron chi connectivity index (χ4n) is 4.87. The Hall–Kier alpha value is -3.48. The third-order valence-electron chi connectivity index (χ3n) is 6.35. The summed E-state index contributed by atoms with van der Waals surface area (Å²) in [5.41, 5.74) is 3.22. The summed E-state index contributed by atoms with van der Waals surface area (Å²) in [6, 6.07) is 11.5. The van der Waals surface area contributed by atoms with Gasteiger partial charge in [-0.1, -0.05) is 12.1 Å². The fourth-order valence-corrected chi connectivity index (χ4v) is 4.87. The van der Waals surface area contributed by atoms with Crippen LogP contribution < -0.4 is 24.3 Å². The molecule has 7 nitrogen and oxygen atoms in total. The van der Waals surface area contributed by atoms with Crippen LogP contribution in [0.15, 0.2) is 47.7 Å². The number of allylic oxidation sites excluding steroid dienone is 2. The maximum absolute atomic E-state index is 13.4. The molecule has 0 saturated carbocycles. The number of ether oxygens (including phenoxy) is 4. The molecule has 1 aliphatic heterocycles. The Morgan fingerprint density at radius 1 is 0.853 bits per heavy atom. The molecule has 1 heterocycles. The number of amides is 1. The monoisotopic (exact) mass is 465 g/mol. The van der Waals surface area contributed by atoms with Gasteiger partial charge in [0.15, 0.2) is 17.3 Å². The van der Waals surface area contributed by atoms with E-state index in [9.17, 15) is 9.59 Å². The number of methoxy groups -OCH3 is 3. The van der Waals surface area contributed by atoms with Gasteiger partial charge in [-0.25, -0.2) is 0 Å². The molecule has 0 saturated heterocycles. The second kappa shape index (κ2) is 9.79. The van der Waals surface area contributed by atoms with E-state index < -0.39 is 0 Å². The van der Waals surface area contributed by atoms with Crippen LogP contribution in [0.4, 0.5) is 0 Å². The van der Waals surface area contributed by atoms with Gasteiger partial charge in [0.2, 0.25) is 11.7 Å². The maximum Gasteiger partial charge on any atom is 0.225 e. The fraction of sp³-hybridized carbons (Fsp3) is 0.407. The Bertz CT molecular complexity index is 1090. The lowest BCUT2D eigenvalue weighted by Crippen LogP contribution is -2.38. The van der Waals surface area contributed by atoms with Gasteiger partial charge in [-0.3, -0.25) is 9.59 Å². The molecular weight excluding hydrogens is 434 g/mol. The standard InChI is InChI=1S/C27H31NO6/c1-15(2)34-19-8-6-16(7-9-19)17-10-21-26(22(29)11-17)20(14-25(30)28-21)18-12-23(31-3)27(33-5)24(13-18)32-4/h6-9,12-13,15,17,20H,10-11,14H2,1-5H3,(H,28,30)/t17-,20+/m1/s1. The summed E-state index contributed by atoms with van der Waals surface area (Å²) in [5, 5.41) is 2.97. The molecule has 2 aromatic carbocycles. The summed E-state index contributed by atoms with van der Waals surface area (Å²) in [6.07, 6.45) is 1.27. The summed E-state index contributed by atoms with van der Waals surface area (Å²) < 4.78 is 22.1. The Labute approximate surface area is 200 Å². The van der Waals surface area contributed by atoms with Crippen molar-refractivity contribution in [2.45, 2.75) is 51.0 Å². The molecule has 1 amide bonds. The molecule has 34 heavy (non-hydrogen) atoms. The van der Waals surface area contributed by atoms with E-state index in [0.717, 1.165) is 16.9 Å². The van der Waals surface area contributed by atoms with Gasteiger partial charge >= 0.3 is 0 Å². The zero-order valence-electron chi connectivity index (χ0n) is 20.3. The van der Waals surface area contributed by atoms with Gasteiger partial charge in [0.1, 0.15) is 5.75 Å². The molecule has 0 bridgehead atoms. The van der Waals surface area contributed by atoms with Crippen molar-refractivity contribution in [3.8, 4) is 23.0 Å². The molecule has 0 fully saturated rings. The first-order valence-electron chi connectivity index (χ1n) is 11.5. The average molecular weight is 466 g/mol. The Kier molecular flexibility index (Phi) is 6.82. The molecular formula is C27H31NO6. The van der Waals surface area contributed by atoms with Crippen LogP contribution in [-0.2, 0) is 9.59 Å². The highest BCUT2D eigenvalue weighted by Crippen LogP contribution is 2.46. The average Bonchev–Trinajstić information content (AvgIpc) is 2.82. The van der Waals surface area contributed by atoms with E-state index in [1.165, 1.54) is 0 Å². The van der Waals surface area contributed by atoms with Crippen molar-refractivity contribution in [3.05, 3.63) is 58.8 Å². The van der Waals surface area contributed by atoms with Crippen molar-refractivity contribution >= 4 is 11.7 Å². The summed E-state index contributed by atoms with van der Waals surface area (Å²) in [7, 11) is 4.64. The highest BCUT2D eigenvalue weighted by molar-refractivity contribution is 6.02. The molecule has 2 aromatic rings. The number of hydrogen-bond donors (Lipinski definition) is 1. The molecule has 1 N–H and O–H groups in total. The summed E-state index contributed by atoms with van der Waals surface area (Å²) in [5.74, 6) is 1.84. The number of hydrogen-bond acceptors (Lipinski definition) is 6. The van der Waals surface area contributed by atoms with Crippen LogP contribution in [0.2, 0.25) is 0 Å². The van der Waals surface area contributed by atoms with Crippen LogP contribution >= 0.6 is 0 Å². The van der Waals surface area contributed by atoms with Gasteiger partial charge in [0.05, 0.1) is 27.4 Å². The lowest BCUT2D eigenvalue weighted by atomic mass is 9.73. The van der Waals surface area contributed by atoms with Gasteiger partial charge in [-0.2, -0.15) is 0 Å². The largest absolute Gasteiger partial charge is 0.493 e. The molecule has 0 unspecified atom stereocenters.